The van der Waals surface area contributed by atoms with Crippen LogP contribution >= 0.6 is 0 Å². The van der Waals surface area contributed by atoms with Gasteiger partial charge in [-0.25, -0.2) is 0 Å². The molecule has 146 valence electrons. The number of fused-ring (bicyclic) bond motifs is 1. The lowest BCUT2D eigenvalue weighted by molar-refractivity contribution is -0.384. The Hall–Kier alpha value is -3.94. The number of amides is 1. The van der Waals surface area contributed by atoms with Crippen LogP contribution < -0.4 is 4.74 Å². The molecule has 1 heterocycles. The second kappa shape index (κ2) is 7.23. The first kappa shape index (κ1) is 18.4. The van der Waals surface area contributed by atoms with Crippen LogP contribution in [0.15, 0.2) is 65.8 Å². The number of ether oxygens (including phenoxy) is 2. The van der Waals surface area contributed by atoms with Crippen molar-refractivity contribution in [3.05, 3.63) is 81.9 Å². The van der Waals surface area contributed by atoms with Crippen LogP contribution in [0, 0.1) is 10.1 Å². The Labute approximate surface area is 166 Å². The number of methoxy groups -OCH3 is 1. The average molecular weight is 391 g/mol. The highest BCUT2D eigenvalue weighted by molar-refractivity contribution is 5.97. The number of non-ortho nitro benzene ring substituents is 1. The zero-order valence-corrected chi connectivity index (χ0v) is 15.7. The van der Waals surface area contributed by atoms with Gasteiger partial charge in [-0.05, 0) is 29.7 Å². The molecule has 0 unspecified atom stereocenters. The quantitative estimate of drug-likeness (QED) is 0.495. The summed E-state index contributed by atoms with van der Waals surface area (Å²) in [5.74, 6) is 0.653. The molecule has 3 aromatic rings. The molecule has 8 heteroatoms. The van der Waals surface area contributed by atoms with E-state index in [1.807, 2.05) is 36.4 Å². The van der Waals surface area contributed by atoms with E-state index in [-0.39, 0.29) is 17.5 Å². The van der Waals surface area contributed by atoms with Crippen molar-refractivity contribution >= 4 is 28.3 Å². The number of hydrogen-bond acceptors (Lipinski definition) is 6. The summed E-state index contributed by atoms with van der Waals surface area (Å²) in [7, 11) is 1.60. The Morgan fingerprint density at radius 2 is 1.79 bits per heavy atom. The van der Waals surface area contributed by atoms with E-state index in [2.05, 4.69) is 5.10 Å². The molecule has 1 aliphatic heterocycles. The number of nitrogens with zero attached hydrogens (tertiary/aromatic N) is 3. The third kappa shape index (κ3) is 3.25. The van der Waals surface area contributed by atoms with Crippen molar-refractivity contribution in [3.8, 4) is 5.75 Å². The van der Waals surface area contributed by atoms with Crippen LogP contribution in [0.5, 0.6) is 5.75 Å². The van der Waals surface area contributed by atoms with Gasteiger partial charge in [0.1, 0.15) is 5.75 Å². The van der Waals surface area contributed by atoms with Gasteiger partial charge in [0.2, 0.25) is 18.0 Å². The van der Waals surface area contributed by atoms with Gasteiger partial charge in [0.15, 0.2) is 0 Å². The predicted octanol–water partition coefficient (Wildman–Crippen LogP) is 4.00. The van der Waals surface area contributed by atoms with Crippen LogP contribution in [0.1, 0.15) is 24.3 Å². The number of rotatable bonds is 4. The average Bonchev–Trinajstić information content (AvgIpc) is 3.18. The fourth-order valence-corrected chi connectivity index (χ4v) is 3.30. The summed E-state index contributed by atoms with van der Waals surface area (Å²) in [6.07, 6.45) is -0.756. The van der Waals surface area contributed by atoms with Crippen molar-refractivity contribution in [1.82, 2.24) is 5.01 Å². The van der Waals surface area contributed by atoms with E-state index in [1.54, 1.807) is 19.2 Å². The van der Waals surface area contributed by atoms with E-state index >= 15 is 0 Å². The Kier molecular flexibility index (Phi) is 4.59. The highest BCUT2D eigenvalue weighted by Gasteiger charge is 2.34. The molecule has 0 radical (unpaired) electrons. The van der Waals surface area contributed by atoms with E-state index in [0.717, 1.165) is 16.3 Å². The molecule has 0 fully saturated rings. The van der Waals surface area contributed by atoms with E-state index < -0.39 is 11.2 Å². The summed E-state index contributed by atoms with van der Waals surface area (Å²) in [6, 6.07) is 17.2. The Balaban J connectivity index is 1.75. The fraction of sp³-hybridized carbons (Fsp3) is 0.143. The van der Waals surface area contributed by atoms with Crippen molar-refractivity contribution in [3.63, 3.8) is 0 Å². The second-order valence-corrected chi connectivity index (χ2v) is 6.45. The summed E-state index contributed by atoms with van der Waals surface area (Å²) in [6.45, 7) is 1.41. The first-order chi connectivity index (χ1) is 14.0. The highest BCUT2D eigenvalue weighted by atomic mass is 16.6. The van der Waals surface area contributed by atoms with Gasteiger partial charge in [0.25, 0.3) is 5.69 Å². The SMILES string of the molecule is COc1ccc([C@H]2OC(c3ccc([N+](=O)[O-])cc3)=NN2C(C)=O)c2ccccc12. The van der Waals surface area contributed by atoms with Crippen LogP contribution in [-0.4, -0.2) is 28.8 Å². The zero-order chi connectivity index (χ0) is 20.5. The molecular formula is C21H17N3O5. The van der Waals surface area contributed by atoms with Crippen LogP contribution in [0.25, 0.3) is 10.8 Å². The van der Waals surface area contributed by atoms with E-state index in [0.29, 0.717) is 11.3 Å². The molecule has 3 aromatic carbocycles. The molecule has 8 nitrogen and oxygen atoms in total. The number of carbonyl (C=O) groups is 1. The second-order valence-electron chi connectivity index (χ2n) is 6.45. The molecule has 1 amide bonds. The molecule has 0 saturated heterocycles. The maximum atomic E-state index is 12.2. The van der Waals surface area contributed by atoms with Crippen molar-refractivity contribution < 1.29 is 19.2 Å². The van der Waals surface area contributed by atoms with Crippen molar-refractivity contribution in [2.75, 3.05) is 7.11 Å². The normalized spacial score (nSPS) is 15.7. The molecule has 1 aliphatic rings. The molecule has 0 aromatic heterocycles. The third-order valence-corrected chi connectivity index (χ3v) is 4.70. The minimum atomic E-state index is -0.756. The number of nitro benzene ring substituents is 1. The van der Waals surface area contributed by atoms with Crippen molar-refractivity contribution in [1.29, 1.82) is 0 Å². The molecule has 0 saturated carbocycles. The van der Waals surface area contributed by atoms with E-state index in [1.165, 1.54) is 24.1 Å². The highest BCUT2D eigenvalue weighted by Crippen LogP contribution is 2.37. The van der Waals surface area contributed by atoms with Gasteiger partial charge in [-0.2, -0.15) is 5.01 Å². The van der Waals surface area contributed by atoms with Gasteiger partial charge in [-0.1, -0.05) is 24.3 Å². The minimum Gasteiger partial charge on any atom is -0.496 e. The van der Waals surface area contributed by atoms with Gasteiger partial charge in [0.05, 0.1) is 12.0 Å². The lowest BCUT2D eigenvalue weighted by atomic mass is 10.0. The van der Waals surface area contributed by atoms with Gasteiger partial charge < -0.3 is 9.47 Å². The zero-order valence-electron chi connectivity index (χ0n) is 15.7. The smallest absolute Gasteiger partial charge is 0.269 e. The first-order valence-corrected chi connectivity index (χ1v) is 8.85. The van der Waals surface area contributed by atoms with Gasteiger partial charge in [-0.15, -0.1) is 5.10 Å². The van der Waals surface area contributed by atoms with Gasteiger partial charge in [-0.3, -0.25) is 14.9 Å². The molecule has 0 N–H and O–H groups in total. The monoisotopic (exact) mass is 391 g/mol. The summed E-state index contributed by atoms with van der Waals surface area (Å²) < 4.78 is 11.5. The van der Waals surface area contributed by atoms with Crippen LogP contribution in [0.4, 0.5) is 5.69 Å². The third-order valence-electron chi connectivity index (χ3n) is 4.70. The molecule has 4 rings (SSSR count). The number of hydrogen-bond donors (Lipinski definition) is 0. The largest absolute Gasteiger partial charge is 0.496 e. The summed E-state index contributed by atoms with van der Waals surface area (Å²) in [5, 5.41) is 18.2. The fourth-order valence-electron chi connectivity index (χ4n) is 3.30. The lowest BCUT2D eigenvalue weighted by Gasteiger charge is -2.21. The van der Waals surface area contributed by atoms with E-state index in [4.69, 9.17) is 9.47 Å². The Morgan fingerprint density at radius 1 is 1.10 bits per heavy atom. The summed E-state index contributed by atoms with van der Waals surface area (Å²) in [4.78, 5) is 22.6. The lowest BCUT2D eigenvalue weighted by Crippen LogP contribution is -2.25. The molecule has 0 aliphatic carbocycles. The molecule has 0 bridgehead atoms. The predicted molar refractivity (Wildman–Crippen MR) is 106 cm³/mol. The topological polar surface area (TPSA) is 94.3 Å². The minimum absolute atomic E-state index is 0.0338. The number of nitro groups is 1. The number of carbonyl (C=O) groups excluding carboxylic acids is 1. The Morgan fingerprint density at radius 3 is 2.41 bits per heavy atom. The Bertz CT molecular complexity index is 1140. The molecule has 29 heavy (non-hydrogen) atoms. The number of benzene rings is 3. The first-order valence-electron chi connectivity index (χ1n) is 8.85. The molecule has 1 atom stereocenters. The van der Waals surface area contributed by atoms with Crippen LogP contribution in [0.3, 0.4) is 0 Å². The van der Waals surface area contributed by atoms with Crippen molar-refractivity contribution in [2.24, 2.45) is 5.10 Å². The van der Waals surface area contributed by atoms with Gasteiger partial charge in [0, 0.05) is 35.6 Å². The van der Waals surface area contributed by atoms with E-state index in [9.17, 15) is 14.9 Å². The maximum Gasteiger partial charge on any atom is 0.269 e. The summed E-state index contributed by atoms with van der Waals surface area (Å²) in [5.41, 5.74) is 1.27. The maximum absolute atomic E-state index is 12.2. The molecule has 0 spiro atoms. The van der Waals surface area contributed by atoms with Gasteiger partial charge >= 0.3 is 0 Å². The van der Waals surface area contributed by atoms with Crippen LogP contribution in [0.2, 0.25) is 0 Å². The molecular weight excluding hydrogens is 374 g/mol. The van der Waals surface area contributed by atoms with Crippen LogP contribution in [-0.2, 0) is 9.53 Å². The van der Waals surface area contributed by atoms with Crippen molar-refractivity contribution in [2.45, 2.75) is 13.2 Å². The number of hydrazone groups is 1. The standard InChI is InChI=1S/C21H17N3O5/c1-13(25)23-21(18-11-12-19(28-2)17-6-4-3-5-16(17)18)29-20(22-23)14-7-9-15(10-8-14)24(26)27/h3-12,21H,1-2H3/t21-/m1/s1. The summed E-state index contributed by atoms with van der Waals surface area (Å²) >= 11 is 0.